The molecule has 0 radical (unpaired) electrons. The fraction of sp³-hybridized carbons (Fsp3) is 0.462. The second-order valence-electron chi connectivity index (χ2n) is 4.29. The lowest BCUT2D eigenvalue weighted by Crippen LogP contribution is -2.31. The number of thiol groups is 1. The number of carbonyl (C=O) groups excluding carboxylic acids is 1. The number of hydrogen-bond donors (Lipinski definition) is 1. The second kappa shape index (κ2) is 6.59. The van der Waals surface area contributed by atoms with Crippen LogP contribution >= 0.6 is 28.6 Å². The molecule has 0 aromatic heterocycles. The number of amides is 1. The van der Waals surface area contributed by atoms with Crippen molar-refractivity contribution < 1.29 is 9.53 Å². The van der Waals surface area contributed by atoms with Crippen LogP contribution in [-0.2, 0) is 9.53 Å². The lowest BCUT2D eigenvalue weighted by molar-refractivity contribution is -0.120. The third-order valence-electron chi connectivity index (χ3n) is 3.06. The Morgan fingerprint density at radius 2 is 2.11 bits per heavy atom. The fourth-order valence-electron chi connectivity index (χ4n) is 2.15. The first-order valence-electron chi connectivity index (χ1n) is 5.99. The summed E-state index contributed by atoms with van der Waals surface area (Å²) in [5, 5.41) is 0. The molecule has 1 atom stereocenters. The molecule has 1 aromatic carbocycles. The third-order valence-corrected chi connectivity index (χ3v) is 3.74. The van der Waals surface area contributed by atoms with Crippen molar-refractivity contribution >= 4 is 40.2 Å². The topological polar surface area (TPSA) is 29.5 Å². The Labute approximate surface area is 121 Å². The van der Waals surface area contributed by atoms with E-state index >= 15 is 0 Å². The smallest absolute Gasteiger partial charge is 0.229 e. The first-order chi connectivity index (χ1) is 8.70. The van der Waals surface area contributed by atoms with Crippen LogP contribution in [0.15, 0.2) is 28.7 Å². The molecule has 0 N–H and O–H groups in total. The molecule has 98 valence electrons. The number of rotatable bonds is 3. The number of hydrogen-bond acceptors (Lipinski definition) is 3. The van der Waals surface area contributed by atoms with Crippen LogP contribution in [0.3, 0.4) is 0 Å². The summed E-state index contributed by atoms with van der Waals surface area (Å²) in [6.45, 7) is 0.757. The summed E-state index contributed by atoms with van der Waals surface area (Å²) in [5.41, 5.74) is 0.953. The van der Waals surface area contributed by atoms with Gasteiger partial charge in [0.25, 0.3) is 0 Å². The summed E-state index contributed by atoms with van der Waals surface area (Å²) in [6.07, 6.45) is 2.33. The molecule has 1 heterocycles. The van der Waals surface area contributed by atoms with Gasteiger partial charge in [0.15, 0.2) is 0 Å². The number of carbonyl (C=O) groups is 1. The maximum atomic E-state index is 12.2. The van der Waals surface area contributed by atoms with Gasteiger partial charge in [-0.05, 0) is 37.1 Å². The quantitative estimate of drug-likeness (QED) is 0.681. The normalized spacial score (nSPS) is 20.9. The largest absolute Gasteiger partial charge is 0.367 e. The van der Waals surface area contributed by atoms with E-state index in [1.54, 1.807) is 0 Å². The summed E-state index contributed by atoms with van der Waals surface area (Å²) in [4.78, 5) is 14.0. The van der Waals surface area contributed by atoms with Crippen molar-refractivity contribution in [1.29, 1.82) is 0 Å². The van der Waals surface area contributed by atoms with Gasteiger partial charge in [-0.2, -0.15) is 12.6 Å². The molecule has 1 aliphatic heterocycles. The Balaban J connectivity index is 2.09. The highest BCUT2D eigenvalue weighted by molar-refractivity contribution is 9.10. The van der Waals surface area contributed by atoms with Crippen molar-refractivity contribution in [3.8, 4) is 0 Å². The van der Waals surface area contributed by atoms with Crippen LogP contribution in [0.1, 0.15) is 19.3 Å². The predicted octanol–water partition coefficient (Wildman–Crippen LogP) is 3.24. The number of halogens is 1. The second-order valence-corrected chi connectivity index (χ2v) is 5.46. The van der Waals surface area contributed by atoms with E-state index in [1.807, 2.05) is 29.2 Å². The number of nitrogens with zero attached hydrogens (tertiary/aromatic N) is 1. The van der Waals surface area contributed by atoms with E-state index in [0.29, 0.717) is 12.4 Å². The molecule has 5 heteroatoms. The third kappa shape index (κ3) is 3.49. The van der Waals surface area contributed by atoms with Gasteiger partial charge in [0.2, 0.25) is 5.91 Å². The van der Waals surface area contributed by atoms with Crippen LogP contribution in [0.25, 0.3) is 0 Å². The lowest BCUT2D eigenvalue weighted by atomic mass is 10.1. The molecule has 1 amide bonds. The van der Waals surface area contributed by atoms with E-state index in [2.05, 4.69) is 28.6 Å². The van der Waals surface area contributed by atoms with Gasteiger partial charge in [-0.3, -0.25) is 4.79 Å². The van der Waals surface area contributed by atoms with E-state index < -0.39 is 0 Å². The van der Waals surface area contributed by atoms with Crippen molar-refractivity contribution in [2.75, 3.05) is 17.4 Å². The van der Waals surface area contributed by atoms with Crippen LogP contribution in [0.4, 0.5) is 5.69 Å². The Bertz CT molecular complexity index is 410. The lowest BCUT2D eigenvalue weighted by Gasteiger charge is -2.21. The predicted molar refractivity (Wildman–Crippen MR) is 79.1 cm³/mol. The van der Waals surface area contributed by atoms with E-state index in [9.17, 15) is 4.79 Å². The van der Waals surface area contributed by atoms with Gasteiger partial charge >= 0.3 is 0 Å². The monoisotopic (exact) mass is 329 g/mol. The molecule has 0 aliphatic carbocycles. The Morgan fingerprint density at radius 1 is 1.39 bits per heavy atom. The summed E-state index contributed by atoms with van der Waals surface area (Å²) in [5.74, 6) is 0.498. The summed E-state index contributed by atoms with van der Waals surface area (Å²) >= 11 is 7.45. The van der Waals surface area contributed by atoms with Gasteiger partial charge in [0.05, 0.1) is 18.5 Å². The molecule has 1 aliphatic rings. The SMILES string of the molecule is O=C1CC(OCS)CCCN1c1ccc(Br)cc1. The minimum absolute atomic E-state index is 0.00967. The Morgan fingerprint density at radius 3 is 2.78 bits per heavy atom. The molecule has 18 heavy (non-hydrogen) atoms. The number of ether oxygens (including phenoxy) is 1. The van der Waals surface area contributed by atoms with Crippen molar-refractivity contribution in [3.05, 3.63) is 28.7 Å². The fourth-order valence-corrected chi connectivity index (χ4v) is 2.63. The van der Waals surface area contributed by atoms with E-state index in [0.717, 1.165) is 29.5 Å². The molecule has 1 unspecified atom stereocenters. The average molecular weight is 330 g/mol. The van der Waals surface area contributed by atoms with Crippen LogP contribution in [-0.4, -0.2) is 24.5 Å². The molecule has 1 saturated heterocycles. The minimum atomic E-state index is 0.00967. The maximum absolute atomic E-state index is 12.2. The molecule has 1 aromatic rings. The Kier molecular flexibility index (Phi) is 5.09. The van der Waals surface area contributed by atoms with Crippen molar-refractivity contribution in [1.82, 2.24) is 0 Å². The highest BCUT2D eigenvalue weighted by Crippen LogP contribution is 2.23. The molecule has 0 bridgehead atoms. The highest BCUT2D eigenvalue weighted by Gasteiger charge is 2.24. The summed E-state index contributed by atoms with van der Waals surface area (Å²) in [7, 11) is 0. The zero-order valence-electron chi connectivity index (χ0n) is 10.0. The molecule has 1 fully saturated rings. The van der Waals surface area contributed by atoms with Gasteiger partial charge in [-0.15, -0.1) is 0 Å². The molecule has 0 spiro atoms. The molecular weight excluding hydrogens is 314 g/mol. The molecule has 3 nitrogen and oxygen atoms in total. The van der Waals surface area contributed by atoms with Crippen molar-refractivity contribution in [3.63, 3.8) is 0 Å². The standard InChI is InChI=1S/C13H16BrNO2S/c14-10-3-5-11(6-4-10)15-7-1-2-12(17-9-18)8-13(15)16/h3-6,12,18H,1-2,7-9H2. The van der Waals surface area contributed by atoms with Crippen LogP contribution in [0.2, 0.25) is 0 Å². The average Bonchev–Trinajstić information content (AvgIpc) is 2.53. The minimum Gasteiger partial charge on any atom is -0.367 e. The van der Waals surface area contributed by atoms with E-state index in [1.165, 1.54) is 0 Å². The van der Waals surface area contributed by atoms with E-state index in [-0.39, 0.29) is 12.0 Å². The molecular formula is C13H16BrNO2S. The van der Waals surface area contributed by atoms with Crippen LogP contribution in [0, 0.1) is 0 Å². The van der Waals surface area contributed by atoms with Crippen molar-refractivity contribution in [2.45, 2.75) is 25.4 Å². The first kappa shape index (κ1) is 13.9. The van der Waals surface area contributed by atoms with Gasteiger partial charge in [-0.25, -0.2) is 0 Å². The summed E-state index contributed by atoms with van der Waals surface area (Å²) in [6, 6.07) is 7.83. The van der Waals surface area contributed by atoms with Crippen LogP contribution < -0.4 is 4.90 Å². The summed E-state index contributed by atoms with van der Waals surface area (Å²) < 4.78 is 6.46. The molecule has 2 rings (SSSR count). The first-order valence-corrected chi connectivity index (χ1v) is 7.41. The van der Waals surface area contributed by atoms with Gasteiger partial charge in [0.1, 0.15) is 0 Å². The van der Waals surface area contributed by atoms with Gasteiger partial charge in [0, 0.05) is 16.7 Å². The van der Waals surface area contributed by atoms with Crippen molar-refractivity contribution in [2.24, 2.45) is 0 Å². The number of benzene rings is 1. The zero-order chi connectivity index (χ0) is 13.0. The zero-order valence-corrected chi connectivity index (χ0v) is 12.5. The maximum Gasteiger partial charge on any atom is 0.229 e. The highest BCUT2D eigenvalue weighted by atomic mass is 79.9. The van der Waals surface area contributed by atoms with Crippen LogP contribution in [0.5, 0.6) is 0 Å². The van der Waals surface area contributed by atoms with Gasteiger partial charge < -0.3 is 9.64 Å². The number of anilines is 1. The van der Waals surface area contributed by atoms with Gasteiger partial charge in [-0.1, -0.05) is 15.9 Å². The Hall–Kier alpha value is -0.520. The molecule has 0 saturated carbocycles. The van der Waals surface area contributed by atoms with E-state index in [4.69, 9.17) is 4.74 Å².